The first kappa shape index (κ1) is 13.7. The van der Waals surface area contributed by atoms with E-state index in [0.717, 1.165) is 6.42 Å². The summed E-state index contributed by atoms with van der Waals surface area (Å²) < 4.78 is 12.9. The number of aromatic nitrogens is 3. The number of rotatable bonds is 3. The van der Waals surface area contributed by atoms with Gasteiger partial charge >= 0.3 is 0 Å². The van der Waals surface area contributed by atoms with Gasteiger partial charge in [-0.15, -0.1) is 5.10 Å². The van der Waals surface area contributed by atoms with Gasteiger partial charge in [0.25, 0.3) is 5.91 Å². The molecular formula is C14H16FN5O. The second-order valence-corrected chi connectivity index (χ2v) is 5.14. The van der Waals surface area contributed by atoms with E-state index in [2.05, 4.69) is 10.2 Å². The largest absolute Gasteiger partial charge is 0.337 e. The third kappa shape index (κ3) is 2.78. The van der Waals surface area contributed by atoms with Gasteiger partial charge in [0.15, 0.2) is 5.69 Å². The fraction of sp³-hybridized carbons (Fsp3) is 0.357. The Kier molecular flexibility index (Phi) is 3.66. The van der Waals surface area contributed by atoms with Crippen molar-refractivity contribution in [2.45, 2.75) is 6.42 Å². The number of carbonyl (C=O) groups excluding carboxylic acids is 1. The van der Waals surface area contributed by atoms with Crippen molar-refractivity contribution in [1.82, 2.24) is 19.9 Å². The van der Waals surface area contributed by atoms with E-state index in [9.17, 15) is 9.18 Å². The van der Waals surface area contributed by atoms with Gasteiger partial charge < -0.3 is 10.6 Å². The van der Waals surface area contributed by atoms with Gasteiger partial charge in [0, 0.05) is 13.1 Å². The van der Waals surface area contributed by atoms with Crippen molar-refractivity contribution in [3.05, 3.63) is 42.0 Å². The second kappa shape index (κ2) is 5.61. The lowest BCUT2D eigenvalue weighted by Gasteiger charge is -2.14. The summed E-state index contributed by atoms with van der Waals surface area (Å²) in [6.07, 6.45) is 2.36. The molecule has 21 heavy (non-hydrogen) atoms. The van der Waals surface area contributed by atoms with E-state index < -0.39 is 0 Å². The predicted molar refractivity (Wildman–Crippen MR) is 74.4 cm³/mol. The normalized spacial score (nSPS) is 18.2. The molecule has 0 unspecified atom stereocenters. The third-order valence-electron chi connectivity index (χ3n) is 3.67. The van der Waals surface area contributed by atoms with Gasteiger partial charge in [-0.1, -0.05) is 0 Å². The van der Waals surface area contributed by atoms with Gasteiger partial charge in [-0.3, -0.25) is 4.79 Å². The summed E-state index contributed by atoms with van der Waals surface area (Å²) >= 11 is 0. The van der Waals surface area contributed by atoms with Crippen LogP contribution in [0.1, 0.15) is 16.9 Å². The molecule has 1 amide bonds. The van der Waals surface area contributed by atoms with Gasteiger partial charge in [0.2, 0.25) is 0 Å². The molecule has 1 atom stereocenters. The minimum absolute atomic E-state index is 0.140. The highest BCUT2D eigenvalue weighted by Gasteiger charge is 2.27. The van der Waals surface area contributed by atoms with E-state index in [0.29, 0.717) is 31.2 Å². The molecule has 7 heteroatoms. The molecule has 1 aliphatic rings. The lowest BCUT2D eigenvalue weighted by atomic mass is 10.1. The van der Waals surface area contributed by atoms with Crippen molar-refractivity contribution >= 4 is 5.91 Å². The molecule has 1 fully saturated rings. The monoisotopic (exact) mass is 289 g/mol. The van der Waals surface area contributed by atoms with E-state index in [1.807, 2.05) is 0 Å². The minimum atomic E-state index is -0.327. The highest BCUT2D eigenvalue weighted by Crippen LogP contribution is 2.17. The first-order valence-electron chi connectivity index (χ1n) is 6.85. The van der Waals surface area contributed by atoms with Crippen LogP contribution >= 0.6 is 0 Å². The van der Waals surface area contributed by atoms with E-state index in [1.165, 1.54) is 23.1 Å². The molecule has 2 heterocycles. The number of benzene rings is 1. The average molecular weight is 289 g/mol. The van der Waals surface area contributed by atoms with Gasteiger partial charge in [-0.25, -0.2) is 4.39 Å². The Balaban J connectivity index is 1.75. The number of nitrogens with zero attached hydrogens (tertiary/aromatic N) is 4. The molecule has 110 valence electrons. The molecule has 0 saturated carbocycles. The Morgan fingerprint density at radius 1 is 1.38 bits per heavy atom. The summed E-state index contributed by atoms with van der Waals surface area (Å²) in [4.78, 5) is 15.4. The van der Waals surface area contributed by atoms with Crippen molar-refractivity contribution in [1.29, 1.82) is 0 Å². The van der Waals surface area contributed by atoms with Crippen LogP contribution in [0.15, 0.2) is 30.5 Å². The van der Waals surface area contributed by atoms with Crippen LogP contribution in [0.4, 0.5) is 4.39 Å². The van der Waals surface area contributed by atoms with Gasteiger partial charge in [0.1, 0.15) is 5.82 Å². The molecule has 6 nitrogen and oxygen atoms in total. The number of hydrogen-bond donors (Lipinski definition) is 1. The SMILES string of the molecule is NC[C@H]1CCN(C(=O)c2cnn(-c3ccc(F)cc3)n2)C1. The number of carbonyl (C=O) groups is 1. The molecule has 1 aromatic carbocycles. The fourth-order valence-corrected chi connectivity index (χ4v) is 2.43. The Hall–Kier alpha value is -2.28. The van der Waals surface area contributed by atoms with Crippen LogP contribution < -0.4 is 5.73 Å². The van der Waals surface area contributed by atoms with Crippen LogP contribution in [-0.4, -0.2) is 45.4 Å². The lowest BCUT2D eigenvalue weighted by Crippen LogP contribution is -2.30. The van der Waals surface area contributed by atoms with Crippen LogP contribution in [0, 0.1) is 11.7 Å². The first-order chi connectivity index (χ1) is 10.2. The molecule has 2 N–H and O–H groups in total. The van der Waals surface area contributed by atoms with Crippen LogP contribution in [0.25, 0.3) is 5.69 Å². The molecule has 0 radical (unpaired) electrons. The maximum atomic E-state index is 12.9. The molecule has 0 spiro atoms. The zero-order valence-electron chi connectivity index (χ0n) is 11.4. The van der Waals surface area contributed by atoms with Crippen molar-refractivity contribution in [3.63, 3.8) is 0 Å². The fourth-order valence-electron chi connectivity index (χ4n) is 2.43. The summed E-state index contributed by atoms with van der Waals surface area (Å²) in [5.41, 5.74) is 6.52. The predicted octanol–water partition coefficient (Wildman–Crippen LogP) is 0.827. The first-order valence-corrected chi connectivity index (χ1v) is 6.85. The molecule has 1 aromatic heterocycles. The Bertz CT molecular complexity index is 639. The average Bonchev–Trinajstić information content (AvgIpc) is 3.16. The molecule has 0 aliphatic carbocycles. The van der Waals surface area contributed by atoms with E-state index in [4.69, 9.17) is 5.73 Å². The molecule has 2 aromatic rings. The van der Waals surface area contributed by atoms with Crippen LogP contribution in [0.2, 0.25) is 0 Å². The molecule has 3 rings (SSSR count). The number of hydrogen-bond acceptors (Lipinski definition) is 4. The van der Waals surface area contributed by atoms with Gasteiger partial charge in [0.05, 0.1) is 11.9 Å². The maximum absolute atomic E-state index is 12.9. The zero-order valence-corrected chi connectivity index (χ0v) is 11.4. The Morgan fingerprint density at radius 2 is 2.14 bits per heavy atom. The van der Waals surface area contributed by atoms with E-state index in [1.54, 1.807) is 17.0 Å². The highest BCUT2D eigenvalue weighted by molar-refractivity contribution is 5.92. The second-order valence-electron chi connectivity index (χ2n) is 5.14. The quantitative estimate of drug-likeness (QED) is 0.908. The summed E-state index contributed by atoms with van der Waals surface area (Å²) in [5, 5.41) is 8.22. The van der Waals surface area contributed by atoms with Crippen LogP contribution in [0.5, 0.6) is 0 Å². The summed E-state index contributed by atoms with van der Waals surface area (Å²) in [6.45, 7) is 1.95. The van der Waals surface area contributed by atoms with Gasteiger partial charge in [-0.05, 0) is 43.1 Å². The summed E-state index contributed by atoms with van der Waals surface area (Å²) in [7, 11) is 0. The third-order valence-corrected chi connectivity index (χ3v) is 3.67. The maximum Gasteiger partial charge on any atom is 0.276 e. The molecule has 1 aliphatic heterocycles. The molecular weight excluding hydrogens is 273 g/mol. The smallest absolute Gasteiger partial charge is 0.276 e. The molecule has 0 bridgehead atoms. The minimum Gasteiger partial charge on any atom is -0.337 e. The Morgan fingerprint density at radius 3 is 2.81 bits per heavy atom. The zero-order chi connectivity index (χ0) is 14.8. The Labute approximate surface area is 121 Å². The topological polar surface area (TPSA) is 77.0 Å². The number of likely N-dealkylation sites (tertiary alicyclic amines) is 1. The van der Waals surface area contributed by atoms with Gasteiger partial charge in [-0.2, -0.15) is 9.90 Å². The van der Waals surface area contributed by atoms with Crippen molar-refractivity contribution in [3.8, 4) is 5.69 Å². The van der Waals surface area contributed by atoms with Crippen molar-refractivity contribution in [2.24, 2.45) is 11.7 Å². The number of halogens is 1. The van der Waals surface area contributed by atoms with E-state index in [-0.39, 0.29) is 17.4 Å². The number of amides is 1. The van der Waals surface area contributed by atoms with Crippen LogP contribution in [0.3, 0.4) is 0 Å². The van der Waals surface area contributed by atoms with Crippen molar-refractivity contribution < 1.29 is 9.18 Å². The number of nitrogens with two attached hydrogens (primary N) is 1. The lowest BCUT2D eigenvalue weighted by molar-refractivity contribution is 0.0781. The van der Waals surface area contributed by atoms with E-state index >= 15 is 0 Å². The van der Waals surface area contributed by atoms with Crippen LogP contribution in [-0.2, 0) is 0 Å². The standard InChI is InChI=1S/C14H16FN5O/c15-11-1-3-12(4-2-11)20-17-8-13(18-20)14(21)19-6-5-10(7-16)9-19/h1-4,8,10H,5-7,9,16H2/t10-/m1/s1. The summed E-state index contributed by atoms with van der Waals surface area (Å²) in [5.74, 6) is -0.104. The highest BCUT2D eigenvalue weighted by atomic mass is 19.1. The summed E-state index contributed by atoms with van der Waals surface area (Å²) in [6, 6.07) is 5.77. The molecule has 1 saturated heterocycles. The van der Waals surface area contributed by atoms with Crippen molar-refractivity contribution in [2.75, 3.05) is 19.6 Å².